The van der Waals surface area contributed by atoms with Gasteiger partial charge in [-0.15, -0.1) is 0 Å². The second-order valence-electron chi connectivity index (χ2n) is 5.43. The number of nitrogens with one attached hydrogen (secondary N) is 1. The smallest absolute Gasteiger partial charge is 0.267 e. The van der Waals surface area contributed by atoms with E-state index in [2.05, 4.69) is 5.32 Å². The molecule has 5 nitrogen and oxygen atoms in total. The molecule has 0 bridgehead atoms. The number of amides is 1. The molecule has 0 radical (unpaired) electrons. The molecule has 104 valence electrons. The molecule has 5 heteroatoms. The van der Waals surface area contributed by atoms with Crippen molar-refractivity contribution in [2.45, 2.75) is 32.5 Å². The summed E-state index contributed by atoms with van der Waals surface area (Å²) in [4.78, 5) is 13.8. The molecule has 0 saturated carbocycles. The van der Waals surface area contributed by atoms with Crippen LogP contribution in [0.25, 0.3) is 0 Å². The van der Waals surface area contributed by atoms with Crippen LogP contribution in [0.1, 0.15) is 20.8 Å². The maximum absolute atomic E-state index is 12.2. The fourth-order valence-electron chi connectivity index (χ4n) is 2.11. The maximum Gasteiger partial charge on any atom is 0.267 e. The summed E-state index contributed by atoms with van der Waals surface area (Å²) in [7, 11) is 1.82. The number of hydrogen-bond donors (Lipinski definition) is 2. The Bertz CT molecular complexity index is 494. The van der Waals surface area contributed by atoms with Crippen molar-refractivity contribution in [2.75, 3.05) is 23.8 Å². The van der Waals surface area contributed by atoms with Crippen LogP contribution in [0, 0.1) is 0 Å². The first-order valence-corrected chi connectivity index (χ1v) is 6.34. The fourth-order valence-corrected chi connectivity index (χ4v) is 2.11. The van der Waals surface area contributed by atoms with Crippen LogP contribution < -0.4 is 15.0 Å². The minimum Gasteiger partial charge on any atom is -0.479 e. The van der Waals surface area contributed by atoms with E-state index in [9.17, 15) is 9.90 Å². The van der Waals surface area contributed by atoms with E-state index < -0.39 is 11.7 Å². The Morgan fingerprint density at radius 2 is 2.16 bits per heavy atom. The summed E-state index contributed by atoms with van der Waals surface area (Å²) in [6.45, 7) is 5.32. The summed E-state index contributed by atoms with van der Waals surface area (Å²) in [5.74, 6) is 0.526. The molecular weight excluding hydrogens is 244 g/mol. The van der Waals surface area contributed by atoms with Gasteiger partial charge >= 0.3 is 0 Å². The van der Waals surface area contributed by atoms with E-state index in [1.807, 2.05) is 25.2 Å². The van der Waals surface area contributed by atoms with Crippen molar-refractivity contribution in [3.63, 3.8) is 0 Å². The second-order valence-corrected chi connectivity index (χ2v) is 5.43. The van der Waals surface area contributed by atoms with E-state index in [0.29, 0.717) is 11.4 Å². The normalized spacial score (nSPS) is 18.9. The first kappa shape index (κ1) is 13.7. The summed E-state index contributed by atoms with van der Waals surface area (Å²) in [6, 6.07) is 5.58. The Hall–Kier alpha value is -1.75. The zero-order valence-electron chi connectivity index (χ0n) is 11.7. The minimum absolute atomic E-state index is 0.136. The molecule has 0 saturated heterocycles. The third-order valence-electron chi connectivity index (χ3n) is 3.00. The molecule has 1 heterocycles. The molecule has 0 aromatic heterocycles. The van der Waals surface area contributed by atoms with Gasteiger partial charge in [-0.3, -0.25) is 4.79 Å². The van der Waals surface area contributed by atoms with Crippen LogP contribution in [0.2, 0.25) is 0 Å². The highest BCUT2D eigenvalue weighted by atomic mass is 16.5. The molecule has 1 aliphatic rings. The first-order valence-electron chi connectivity index (χ1n) is 6.34. The predicted octanol–water partition coefficient (Wildman–Crippen LogP) is 1.61. The third-order valence-corrected chi connectivity index (χ3v) is 3.00. The number of benzene rings is 1. The van der Waals surface area contributed by atoms with E-state index in [0.717, 1.165) is 5.69 Å². The van der Waals surface area contributed by atoms with Gasteiger partial charge in [0.25, 0.3) is 5.91 Å². The quantitative estimate of drug-likeness (QED) is 0.870. The Balaban J connectivity index is 2.44. The summed E-state index contributed by atoms with van der Waals surface area (Å²) in [5, 5.41) is 13.0. The van der Waals surface area contributed by atoms with Gasteiger partial charge < -0.3 is 20.1 Å². The lowest BCUT2D eigenvalue weighted by atomic mass is 10.1. The van der Waals surface area contributed by atoms with Crippen LogP contribution in [0.4, 0.5) is 11.4 Å². The monoisotopic (exact) mass is 264 g/mol. The number of β-amino-alcohol motifs (C(OH)–C–C–N with tert-alkyl or cyclic N) is 1. The summed E-state index contributed by atoms with van der Waals surface area (Å²) in [6.07, 6.45) is -0.532. The van der Waals surface area contributed by atoms with Crippen LogP contribution in [0.15, 0.2) is 18.2 Å². The lowest BCUT2D eigenvalue weighted by Crippen LogP contribution is -2.50. The van der Waals surface area contributed by atoms with Gasteiger partial charge in [0.05, 0.1) is 17.8 Å². The number of carbonyl (C=O) groups is 1. The van der Waals surface area contributed by atoms with Gasteiger partial charge in [0.2, 0.25) is 0 Å². The number of fused-ring (bicyclic) bond motifs is 1. The van der Waals surface area contributed by atoms with E-state index in [1.165, 1.54) is 0 Å². The molecule has 0 aliphatic carbocycles. The van der Waals surface area contributed by atoms with Gasteiger partial charge in [0, 0.05) is 12.7 Å². The molecular formula is C14H20N2O3. The maximum atomic E-state index is 12.2. The van der Waals surface area contributed by atoms with Gasteiger partial charge in [-0.1, -0.05) is 0 Å². The van der Waals surface area contributed by atoms with Crippen molar-refractivity contribution in [1.82, 2.24) is 0 Å². The van der Waals surface area contributed by atoms with Crippen molar-refractivity contribution >= 4 is 17.3 Å². The molecule has 1 aromatic rings. The molecule has 2 N–H and O–H groups in total. The highest BCUT2D eigenvalue weighted by Crippen LogP contribution is 2.36. The zero-order valence-corrected chi connectivity index (χ0v) is 11.7. The van der Waals surface area contributed by atoms with E-state index >= 15 is 0 Å². The molecule has 1 aliphatic heterocycles. The molecule has 1 unspecified atom stereocenters. The zero-order chi connectivity index (χ0) is 14.2. The Morgan fingerprint density at radius 1 is 1.47 bits per heavy atom. The molecule has 1 amide bonds. The number of anilines is 2. The third kappa shape index (κ3) is 2.81. The number of hydrogen-bond acceptors (Lipinski definition) is 4. The largest absolute Gasteiger partial charge is 0.479 e. The van der Waals surface area contributed by atoms with Gasteiger partial charge in [-0.2, -0.15) is 0 Å². The molecule has 2 rings (SSSR count). The number of aliphatic hydroxyl groups is 1. The lowest BCUT2D eigenvalue weighted by molar-refractivity contribution is -0.126. The van der Waals surface area contributed by atoms with Gasteiger partial charge in [-0.25, -0.2) is 0 Å². The summed E-state index contributed by atoms with van der Waals surface area (Å²) in [5.41, 5.74) is 0.627. The van der Waals surface area contributed by atoms with E-state index in [1.54, 1.807) is 25.7 Å². The van der Waals surface area contributed by atoms with Crippen LogP contribution in [-0.2, 0) is 4.79 Å². The van der Waals surface area contributed by atoms with Crippen LogP contribution in [-0.4, -0.2) is 36.3 Å². The molecule has 1 aromatic carbocycles. The van der Waals surface area contributed by atoms with Crippen LogP contribution >= 0.6 is 0 Å². The van der Waals surface area contributed by atoms with Crippen molar-refractivity contribution in [3.8, 4) is 5.75 Å². The topological polar surface area (TPSA) is 61.8 Å². The number of carbonyl (C=O) groups excluding carboxylic acids is 1. The van der Waals surface area contributed by atoms with E-state index in [4.69, 9.17) is 4.74 Å². The van der Waals surface area contributed by atoms with Crippen molar-refractivity contribution in [1.29, 1.82) is 0 Å². The fraction of sp³-hybridized carbons (Fsp3) is 0.500. The van der Waals surface area contributed by atoms with Crippen LogP contribution in [0.5, 0.6) is 5.75 Å². The number of ether oxygens (including phenoxy) is 1. The Morgan fingerprint density at radius 3 is 2.74 bits per heavy atom. The molecule has 0 fully saturated rings. The SMILES string of the molecule is CNc1ccc2c(c1)N(CC(C)(C)O)C(=O)C(C)O2. The average molecular weight is 264 g/mol. The van der Waals surface area contributed by atoms with Gasteiger partial charge in [0.15, 0.2) is 6.10 Å². The first-order chi connectivity index (χ1) is 8.81. The Kier molecular flexibility index (Phi) is 3.41. The van der Waals surface area contributed by atoms with Crippen molar-refractivity contribution in [3.05, 3.63) is 18.2 Å². The number of nitrogens with zero attached hydrogens (tertiary/aromatic N) is 1. The standard InChI is InChI=1S/C14H20N2O3/c1-9-13(17)16(8-14(2,3)18)11-7-10(15-4)5-6-12(11)19-9/h5-7,9,15,18H,8H2,1-4H3. The van der Waals surface area contributed by atoms with Crippen molar-refractivity contribution in [2.24, 2.45) is 0 Å². The molecule has 1 atom stereocenters. The lowest BCUT2D eigenvalue weighted by Gasteiger charge is -2.36. The van der Waals surface area contributed by atoms with E-state index in [-0.39, 0.29) is 12.5 Å². The molecule has 19 heavy (non-hydrogen) atoms. The van der Waals surface area contributed by atoms with Crippen molar-refractivity contribution < 1.29 is 14.6 Å². The minimum atomic E-state index is -0.959. The number of rotatable bonds is 3. The van der Waals surface area contributed by atoms with Gasteiger partial charge in [-0.05, 0) is 39.0 Å². The predicted molar refractivity (Wildman–Crippen MR) is 74.7 cm³/mol. The Labute approximate surface area is 113 Å². The summed E-state index contributed by atoms with van der Waals surface area (Å²) < 4.78 is 5.59. The summed E-state index contributed by atoms with van der Waals surface area (Å²) >= 11 is 0. The average Bonchev–Trinajstić information content (AvgIpc) is 2.33. The molecule has 0 spiro atoms. The highest BCUT2D eigenvalue weighted by molar-refractivity contribution is 6.00. The van der Waals surface area contributed by atoms with Crippen LogP contribution in [0.3, 0.4) is 0 Å². The highest BCUT2D eigenvalue weighted by Gasteiger charge is 2.34. The van der Waals surface area contributed by atoms with Gasteiger partial charge in [0.1, 0.15) is 5.75 Å². The second kappa shape index (κ2) is 4.74.